The van der Waals surface area contributed by atoms with Gasteiger partial charge in [-0.15, -0.1) is 0 Å². The number of β-amino-alcohol motifs (C(OH)–C–C–N with tert-alkyl or cyclic N) is 1. The van der Waals surface area contributed by atoms with E-state index in [4.69, 9.17) is 0 Å². The highest BCUT2D eigenvalue weighted by atomic mass is 16.3. The van der Waals surface area contributed by atoms with Crippen molar-refractivity contribution in [1.29, 1.82) is 0 Å². The number of aliphatic hydroxyl groups is 1. The average molecular weight is 261 g/mol. The Hall–Kier alpha value is -1.72. The van der Waals surface area contributed by atoms with Crippen LogP contribution in [0.2, 0.25) is 0 Å². The first-order chi connectivity index (χ1) is 8.88. The minimum Gasteiger partial charge on any atom is -0.387 e. The quantitative estimate of drug-likeness (QED) is 0.868. The van der Waals surface area contributed by atoms with Crippen molar-refractivity contribution in [2.75, 3.05) is 6.54 Å². The maximum Gasteiger partial charge on any atom is 0.257 e. The second-order valence-corrected chi connectivity index (χ2v) is 5.59. The lowest BCUT2D eigenvalue weighted by Crippen LogP contribution is -2.38. The standard InChI is InChI=1S/C14H19N3O2/c1-14(2,3)16-9-11(18)10-5-4-8-17-12(19)6-7-15-13(10)17/h4-8,11,16,18H,9H2,1-3H3/t11-/m0/s1. The van der Waals surface area contributed by atoms with Crippen LogP contribution in [0.25, 0.3) is 5.65 Å². The molecule has 2 rings (SSSR count). The molecule has 1 atom stereocenters. The molecule has 0 radical (unpaired) electrons. The first kappa shape index (κ1) is 13.7. The largest absolute Gasteiger partial charge is 0.387 e. The zero-order valence-electron chi connectivity index (χ0n) is 11.4. The van der Waals surface area contributed by atoms with Crippen LogP contribution in [0.5, 0.6) is 0 Å². The molecule has 0 amide bonds. The minimum absolute atomic E-state index is 0.0736. The molecule has 0 aliphatic rings. The van der Waals surface area contributed by atoms with Gasteiger partial charge in [-0.2, -0.15) is 0 Å². The highest BCUT2D eigenvalue weighted by molar-refractivity contribution is 5.48. The molecule has 0 bridgehead atoms. The molecule has 2 N–H and O–H groups in total. The van der Waals surface area contributed by atoms with E-state index < -0.39 is 6.10 Å². The Morgan fingerprint density at radius 2 is 2.16 bits per heavy atom. The number of hydrogen-bond acceptors (Lipinski definition) is 4. The predicted octanol–water partition coefficient (Wildman–Crippen LogP) is 1.12. The van der Waals surface area contributed by atoms with Crippen molar-refractivity contribution in [2.45, 2.75) is 32.4 Å². The van der Waals surface area contributed by atoms with Crippen molar-refractivity contribution in [1.82, 2.24) is 14.7 Å². The van der Waals surface area contributed by atoms with E-state index in [1.54, 1.807) is 18.3 Å². The normalized spacial score (nSPS) is 13.7. The third kappa shape index (κ3) is 3.19. The molecule has 0 saturated heterocycles. The number of hydrogen-bond donors (Lipinski definition) is 2. The molecule has 5 nitrogen and oxygen atoms in total. The van der Waals surface area contributed by atoms with Crippen molar-refractivity contribution in [2.24, 2.45) is 0 Å². The van der Waals surface area contributed by atoms with Crippen LogP contribution in [-0.4, -0.2) is 26.6 Å². The molecular weight excluding hydrogens is 242 g/mol. The molecule has 0 spiro atoms. The smallest absolute Gasteiger partial charge is 0.257 e. The van der Waals surface area contributed by atoms with Crippen LogP contribution in [0, 0.1) is 0 Å². The van der Waals surface area contributed by atoms with E-state index in [1.165, 1.54) is 16.7 Å². The van der Waals surface area contributed by atoms with Crippen molar-refractivity contribution >= 4 is 5.65 Å². The van der Waals surface area contributed by atoms with Crippen LogP contribution < -0.4 is 10.9 Å². The first-order valence-corrected chi connectivity index (χ1v) is 6.28. The molecule has 2 heterocycles. The number of aromatic nitrogens is 2. The van der Waals surface area contributed by atoms with E-state index in [1.807, 2.05) is 20.8 Å². The van der Waals surface area contributed by atoms with Gasteiger partial charge >= 0.3 is 0 Å². The molecule has 0 aromatic carbocycles. The molecule has 0 saturated carbocycles. The summed E-state index contributed by atoms with van der Waals surface area (Å²) in [5, 5.41) is 13.5. The first-order valence-electron chi connectivity index (χ1n) is 6.28. The number of nitrogens with one attached hydrogen (secondary N) is 1. The number of rotatable bonds is 3. The molecule has 102 valence electrons. The summed E-state index contributed by atoms with van der Waals surface area (Å²) >= 11 is 0. The molecule has 0 aliphatic carbocycles. The van der Waals surface area contributed by atoms with E-state index in [2.05, 4.69) is 10.3 Å². The maximum atomic E-state index is 11.7. The van der Waals surface area contributed by atoms with E-state index in [9.17, 15) is 9.90 Å². The van der Waals surface area contributed by atoms with Gasteiger partial charge in [-0.25, -0.2) is 4.98 Å². The Labute approximate surface area is 111 Å². The Morgan fingerprint density at radius 1 is 1.42 bits per heavy atom. The fraction of sp³-hybridized carbons (Fsp3) is 0.429. The van der Waals surface area contributed by atoms with Gasteiger partial charge in [0.05, 0.1) is 6.10 Å². The van der Waals surface area contributed by atoms with Gasteiger partial charge in [0.25, 0.3) is 5.56 Å². The van der Waals surface area contributed by atoms with E-state index in [-0.39, 0.29) is 11.1 Å². The summed E-state index contributed by atoms with van der Waals surface area (Å²) in [4.78, 5) is 15.9. The predicted molar refractivity (Wildman–Crippen MR) is 74.2 cm³/mol. The third-order valence-corrected chi connectivity index (χ3v) is 2.83. The molecule has 19 heavy (non-hydrogen) atoms. The van der Waals surface area contributed by atoms with E-state index in [0.717, 1.165) is 0 Å². The summed E-state index contributed by atoms with van der Waals surface area (Å²) < 4.78 is 1.44. The summed E-state index contributed by atoms with van der Waals surface area (Å²) in [6.45, 7) is 6.51. The van der Waals surface area contributed by atoms with Gasteiger partial charge in [0.15, 0.2) is 0 Å². The lowest BCUT2D eigenvalue weighted by atomic mass is 10.1. The van der Waals surface area contributed by atoms with Crippen LogP contribution in [0.1, 0.15) is 32.4 Å². The highest BCUT2D eigenvalue weighted by Crippen LogP contribution is 2.16. The van der Waals surface area contributed by atoms with Crippen LogP contribution in [0.4, 0.5) is 0 Å². The number of pyridine rings is 1. The second-order valence-electron chi connectivity index (χ2n) is 5.59. The Balaban J connectivity index is 2.35. The Bertz CT molecular complexity index is 628. The van der Waals surface area contributed by atoms with Crippen LogP contribution in [0.15, 0.2) is 35.4 Å². The summed E-state index contributed by atoms with van der Waals surface area (Å²) in [5.74, 6) is 0. The van der Waals surface area contributed by atoms with Gasteiger partial charge in [-0.05, 0) is 26.8 Å². The number of nitrogens with zero attached hydrogens (tertiary/aromatic N) is 2. The summed E-state index contributed by atoms with van der Waals surface area (Å²) in [5.41, 5.74) is 0.925. The SMILES string of the molecule is CC(C)(C)NC[C@H](O)c1cccn2c(=O)ccnc12. The van der Waals surface area contributed by atoms with E-state index in [0.29, 0.717) is 17.8 Å². The van der Waals surface area contributed by atoms with Crippen LogP contribution in [-0.2, 0) is 0 Å². The molecule has 0 fully saturated rings. The fourth-order valence-corrected chi connectivity index (χ4v) is 1.86. The van der Waals surface area contributed by atoms with Gasteiger partial charge < -0.3 is 10.4 Å². The van der Waals surface area contributed by atoms with Crippen molar-refractivity contribution in [3.05, 3.63) is 46.5 Å². The van der Waals surface area contributed by atoms with Crippen molar-refractivity contribution < 1.29 is 5.11 Å². The number of fused-ring (bicyclic) bond motifs is 1. The van der Waals surface area contributed by atoms with Gasteiger partial charge in [0.2, 0.25) is 0 Å². The van der Waals surface area contributed by atoms with Crippen LogP contribution >= 0.6 is 0 Å². The Morgan fingerprint density at radius 3 is 2.84 bits per heavy atom. The average Bonchev–Trinajstić information content (AvgIpc) is 2.35. The minimum atomic E-state index is -0.704. The molecule has 0 unspecified atom stereocenters. The third-order valence-electron chi connectivity index (χ3n) is 2.83. The van der Waals surface area contributed by atoms with Gasteiger partial charge in [0, 0.05) is 36.1 Å². The molecular formula is C14H19N3O2. The van der Waals surface area contributed by atoms with Crippen molar-refractivity contribution in [3.63, 3.8) is 0 Å². The summed E-state index contributed by atoms with van der Waals surface area (Å²) in [6.07, 6.45) is 2.41. The van der Waals surface area contributed by atoms with Gasteiger partial charge in [0.1, 0.15) is 5.65 Å². The van der Waals surface area contributed by atoms with Crippen molar-refractivity contribution in [3.8, 4) is 0 Å². The second kappa shape index (κ2) is 5.11. The molecule has 0 aliphatic heterocycles. The fourth-order valence-electron chi connectivity index (χ4n) is 1.86. The molecule has 2 aromatic rings. The number of aliphatic hydroxyl groups excluding tert-OH is 1. The molecule has 2 aromatic heterocycles. The summed E-state index contributed by atoms with van der Waals surface area (Å²) in [6, 6.07) is 4.93. The van der Waals surface area contributed by atoms with E-state index >= 15 is 0 Å². The van der Waals surface area contributed by atoms with Gasteiger partial charge in [-0.3, -0.25) is 9.20 Å². The Kier molecular flexibility index (Phi) is 3.68. The van der Waals surface area contributed by atoms with Crippen LogP contribution in [0.3, 0.4) is 0 Å². The topological polar surface area (TPSA) is 66.6 Å². The summed E-state index contributed by atoms with van der Waals surface area (Å²) in [7, 11) is 0. The monoisotopic (exact) mass is 261 g/mol. The zero-order chi connectivity index (χ0) is 14.0. The maximum absolute atomic E-state index is 11.7. The zero-order valence-corrected chi connectivity index (χ0v) is 11.4. The highest BCUT2D eigenvalue weighted by Gasteiger charge is 2.16. The van der Waals surface area contributed by atoms with Gasteiger partial charge in [-0.1, -0.05) is 6.07 Å². The lowest BCUT2D eigenvalue weighted by molar-refractivity contribution is 0.164. The lowest BCUT2D eigenvalue weighted by Gasteiger charge is -2.23. The molecule has 5 heteroatoms.